The molecular formula is C12H17FN2O2. The van der Waals surface area contributed by atoms with Gasteiger partial charge in [0.2, 0.25) is 5.91 Å². The molecule has 5 heteroatoms. The van der Waals surface area contributed by atoms with Gasteiger partial charge in [0.1, 0.15) is 12.4 Å². The molecule has 1 aromatic carbocycles. The number of hydrogen-bond donors (Lipinski definition) is 2. The molecule has 1 rings (SSSR count). The third-order valence-corrected chi connectivity index (χ3v) is 2.24. The average Bonchev–Trinajstić information content (AvgIpc) is 2.30. The van der Waals surface area contributed by atoms with Gasteiger partial charge in [0.15, 0.2) is 0 Å². The molecule has 0 radical (unpaired) electrons. The first-order chi connectivity index (χ1) is 8.13. The zero-order valence-electron chi connectivity index (χ0n) is 9.78. The van der Waals surface area contributed by atoms with Gasteiger partial charge >= 0.3 is 0 Å². The van der Waals surface area contributed by atoms with Crippen LogP contribution >= 0.6 is 0 Å². The van der Waals surface area contributed by atoms with Crippen LogP contribution in [-0.4, -0.2) is 25.7 Å². The Balaban J connectivity index is 2.40. The molecule has 0 aliphatic heterocycles. The molecule has 1 amide bonds. The van der Waals surface area contributed by atoms with E-state index in [1.165, 1.54) is 12.1 Å². The normalized spacial score (nSPS) is 12.2. The Hall–Kier alpha value is -1.46. The number of amides is 1. The Kier molecular flexibility index (Phi) is 5.59. The summed E-state index contributed by atoms with van der Waals surface area (Å²) in [6, 6.07) is 5.83. The van der Waals surface area contributed by atoms with Crippen LogP contribution in [-0.2, 0) is 9.53 Å². The highest BCUT2D eigenvalue weighted by Crippen LogP contribution is 2.12. The molecular weight excluding hydrogens is 223 g/mol. The van der Waals surface area contributed by atoms with Gasteiger partial charge in [-0.2, -0.15) is 0 Å². The maximum Gasteiger partial charge on any atom is 0.246 e. The number of hydrogen-bond acceptors (Lipinski definition) is 3. The second-order valence-electron chi connectivity index (χ2n) is 3.68. The second-order valence-corrected chi connectivity index (χ2v) is 3.68. The van der Waals surface area contributed by atoms with E-state index in [1.54, 1.807) is 12.1 Å². The minimum absolute atomic E-state index is 0.0112. The first kappa shape index (κ1) is 13.6. The highest BCUT2D eigenvalue weighted by atomic mass is 19.1. The maximum absolute atomic E-state index is 12.7. The Morgan fingerprint density at radius 1 is 1.47 bits per heavy atom. The third kappa shape index (κ3) is 4.93. The van der Waals surface area contributed by atoms with Crippen LogP contribution in [0.15, 0.2) is 24.3 Å². The Labute approximate surface area is 100.0 Å². The summed E-state index contributed by atoms with van der Waals surface area (Å²) in [5.41, 5.74) is 6.07. The van der Waals surface area contributed by atoms with Gasteiger partial charge in [0.25, 0.3) is 0 Å². The van der Waals surface area contributed by atoms with Crippen LogP contribution in [0.5, 0.6) is 0 Å². The quantitative estimate of drug-likeness (QED) is 0.728. The van der Waals surface area contributed by atoms with E-state index in [0.29, 0.717) is 13.2 Å². The largest absolute Gasteiger partial charge is 0.370 e. The van der Waals surface area contributed by atoms with Gasteiger partial charge in [-0.25, -0.2) is 4.39 Å². The topological polar surface area (TPSA) is 64.3 Å². The zero-order chi connectivity index (χ0) is 12.7. The standard InChI is InChI=1S/C12H17FN2O2/c1-9(10-2-4-11(13)5-3-10)15-12(16)8-17-7-6-14/h2-5,9H,6-8,14H2,1H3,(H,15,16)/t9-/m0/s1. The van der Waals surface area contributed by atoms with Crippen molar-refractivity contribution in [1.29, 1.82) is 0 Å². The molecule has 1 atom stereocenters. The summed E-state index contributed by atoms with van der Waals surface area (Å²) >= 11 is 0. The van der Waals surface area contributed by atoms with Crippen LogP contribution in [0, 0.1) is 5.82 Å². The molecule has 0 unspecified atom stereocenters. The van der Waals surface area contributed by atoms with Crippen LogP contribution in [0.25, 0.3) is 0 Å². The van der Waals surface area contributed by atoms with Crippen LogP contribution < -0.4 is 11.1 Å². The SMILES string of the molecule is C[C@H](NC(=O)COCCN)c1ccc(F)cc1. The molecule has 0 fully saturated rings. The van der Waals surface area contributed by atoms with Crippen molar-refractivity contribution in [3.63, 3.8) is 0 Å². The lowest BCUT2D eigenvalue weighted by atomic mass is 10.1. The number of carbonyl (C=O) groups excluding carboxylic acids is 1. The molecule has 0 aliphatic rings. The van der Waals surface area contributed by atoms with Crippen molar-refractivity contribution in [2.24, 2.45) is 5.73 Å². The van der Waals surface area contributed by atoms with Crippen molar-refractivity contribution < 1.29 is 13.9 Å². The summed E-state index contributed by atoms with van der Waals surface area (Å²) in [5, 5.41) is 2.75. The van der Waals surface area contributed by atoms with Gasteiger partial charge in [-0.05, 0) is 24.6 Å². The minimum atomic E-state index is -0.293. The van der Waals surface area contributed by atoms with Crippen LogP contribution in [0.1, 0.15) is 18.5 Å². The third-order valence-electron chi connectivity index (χ3n) is 2.24. The molecule has 3 N–H and O–H groups in total. The number of carbonyl (C=O) groups is 1. The fraction of sp³-hybridized carbons (Fsp3) is 0.417. The average molecular weight is 240 g/mol. The summed E-state index contributed by atoms with van der Waals surface area (Å²) in [6.07, 6.45) is 0. The number of rotatable bonds is 6. The number of halogens is 1. The summed E-state index contributed by atoms with van der Waals surface area (Å²) in [4.78, 5) is 11.4. The fourth-order valence-electron chi connectivity index (χ4n) is 1.37. The van der Waals surface area contributed by atoms with E-state index in [-0.39, 0.29) is 24.4 Å². The van der Waals surface area contributed by atoms with E-state index >= 15 is 0 Å². The van der Waals surface area contributed by atoms with E-state index in [1.807, 2.05) is 6.92 Å². The molecule has 0 aliphatic carbocycles. The molecule has 0 aromatic heterocycles. The first-order valence-electron chi connectivity index (χ1n) is 5.46. The molecule has 0 saturated carbocycles. The summed E-state index contributed by atoms with van der Waals surface area (Å²) in [5.74, 6) is -0.506. The van der Waals surface area contributed by atoms with Crippen molar-refractivity contribution in [3.05, 3.63) is 35.6 Å². The van der Waals surface area contributed by atoms with E-state index in [9.17, 15) is 9.18 Å². The molecule has 0 bridgehead atoms. The summed E-state index contributed by atoms with van der Waals surface area (Å²) in [6.45, 7) is 2.57. The number of ether oxygens (including phenoxy) is 1. The molecule has 0 saturated heterocycles. The van der Waals surface area contributed by atoms with Crippen LogP contribution in [0.2, 0.25) is 0 Å². The lowest BCUT2D eigenvalue weighted by Gasteiger charge is -2.14. The summed E-state index contributed by atoms with van der Waals surface area (Å²) in [7, 11) is 0. The van der Waals surface area contributed by atoms with Gasteiger partial charge in [0.05, 0.1) is 12.6 Å². The van der Waals surface area contributed by atoms with Crippen molar-refractivity contribution >= 4 is 5.91 Å². The second kappa shape index (κ2) is 6.98. The van der Waals surface area contributed by atoms with Crippen molar-refractivity contribution in [2.75, 3.05) is 19.8 Å². The molecule has 4 nitrogen and oxygen atoms in total. The van der Waals surface area contributed by atoms with E-state index < -0.39 is 0 Å². The van der Waals surface area contributed by atoms with E-state index in [2.05, 4.69) is 5.32 Å². The molecule has 0 spiro atoms. The lowest BCUT2D eigenvalue weighted by Crippen LogP contribution is -2.30. The van der Waals surface area contributed by atoms with Crippen molar-refractivity contribution in [3.8, 4) is 0 Å². The van der Waals surface area contributed by atoms with Crippen molar-refractivity contribution in [2.45, 2.75) is 13.0 Å². The smallest absolute Gasteiger partial charge is 0.246 e. The molecule has 94 valence electrons. The van der Waals surface area contributed by atoms with E-state index in [4.69, 9.17) is 10.5 Å². The lowest BCUT2D eigenvalue weighted by molar-refractivity contribution is -0.126. The van der Waals surface area contributed by atoms with E-state index in [0.717, 1.165) is 5.56 Å². The van der Waals surface area contributed by atoms with Gasteiger partial charge in [-0.1, -0.05) is 12.1 Å². The van der Waals surface area contributed by atoms with Gasteiger partial charge in [0, 0.05) is 6.54 Å². The number of nitrogens with one attached hydrogen (secondary N) is 1. The zero-order valence-corrected chi connectivity index (χ0v) is 9.78. The first-order valence-corrected chi connectivity index (χ1v) is 5.46. The Morgan fingerprint density at radius 2 is 2.12 bits per heavy atom. The Bertz CT molecular complexity index is 354. The predicted molar refractivity (Wildman–Crippen MR) is 62.8 cm³/mol. The van der Waals surface area contributed by atoms with Crippen LogP contribution in [0.3, 0.4) is 0 Å². The highest BCUT2D eigenvalue weighted by Gasteiger charge is 2.09. The highest BCUT2D eigenvalue weighted by molar-refractivity contribution is 5.77. The van der Waals surface area contributed by atoms with Crippen molar-refractivity contribution in [1.82, 2.24) is 5.32 Å². The molecule has 0 heterocycles. The van der Waals surface area contributed by atoms with Gasteiger partial charge in [-0.15, -0.1) is 0 Å². The van der Waals surface area contributed by atoms with Crippen LogP contribution in [0.4, 0.5) is 4.39 Å². The Morgan fingerprint density at radius 3 is 2.71 bits per heavy atom. The number of nitrogens with two attached hydrogens (primary N) is 1. The maximum atomic E-state index is 12.7. The summed E-state index contributed by atoms with van der Waals surface area (Å²) < 4.78 is 17.7. The number of benzene rings is 1. The predicted octanol–water partition coefficient (Wildman–Crippen LogP) is 0.978. The molecule has 17 heavy (non-hydrogen) atoms. The fourth-order valence-corrected chi connectivity index (χ4v) is 1.37. The minimum Gasteiger partial charge on any atom is -0.370 e. The van der Waals surface area contributed by atoms with Gasteiger partial charge in [-0.3, -0.25) is 4.79 Å². The van der Waals surface area contributed by atoms with Gasteiger partial charge < -0.3 is 15.8 Å². The monoisotopic (exact) mass is 240 g/mol. The molecule has 1 aromatic rings.